The van der Waals surface area contributed by atoms with E-state index in [9.17, 15) is 23.3 Å². The fourth-order valence-corrected chi connectivity index (χ4v) is 5.53. The van der Waals surface area contributed by atoms with Crippen molar-refractivity contribution in [1.82, 2.24) is 9.21 Å². The van der Waals surface area contributed by atoms with Crippen molar-refractivity contribution in [2.75, 3.05) is 38.0 Å². The molecule has 0 radical (unpaired) electrons. The minimum atomic E-state index is -3.59. The Kier molecular flexibility index (Phi) is 5.92. The lowest BCUT2D eigenvalue weighted by atomic mass is 10.1. The molecular formula is C21H24N4O5S. The van der Waals surface area contributed by atoms with Gasteiger partial charge in [0.1, 0.15) is 0 Å². The van der Waals surface area contributed by atoms with Crippen molar-refractivity contribution in [2.24, 2.45) is 0 Å². The fraction of sp³-hybridized carbons (Fsp3) is 0.381. The molecule has 1 aliphatic heterocycles. The first kappa shape index (κ1) is 21.3. The molecule has 1 amide bonds. The summed E-state index contributed by atoms with van der Waals surface area (Å²) in [6.07, 6.45) is 2.98. The van der Waals surface area contributed by atoms with Gasteiger partial charge in [-0.05, 0) is 48.6 Å². The van der Waals surface area contributed by atoms with Crippen molar-refractivity contribution in [3.05, 3.63) is 63.7 Å². The number of anilines is 1. The van der Waals surface area contributed by atoms with Gasteiger partial charge in [0.2, 0.25) is 15.9 Å². The van der Waals surface area contributed by atoms with Crippen molar-refractivity contribution in [3.63, 3.8) is 0 Å². The van der Waals surface area contributed by atoms with Gasteiger partial charge in [-0.2, -0.15) is 4.31 Å². The van der Waals surface area contributed by atoms with Crippen LogP contribution in [0, 0.1) is 10.1 Å². The first-order valence-corrected chi connectivity index (χ1v) is 11.7. The minimum absolute atomic E-state index is 0.0151. The van der Waals surface area contributed by atoms with Crippen LogP contribution < -0.4 is 5.32 Å². The predicted molar refractivity (Wildman–Crippen MR) is 115 cm³/mol. The summed E-state index contributed by atoms with van der Waals surface area (Å²) >= 11 is 0. The maximum Gasteiger partial charge on any atom is 0.271 e. The molecule has 0 unspecified atom stereocenters. The highest BCUT2D eigenvalue weighted by Gasteiger charge is 2.30. The number of amides is 1. The largest absolute Gasteiger partial charge is 0.376 e. The molecule has 0 bridgehead atoms. The van der Waals surface area contributed by atoms with Crippen LogP contribution in [0.2, 0.25) is 0 Å². The number of sulfonamides is 1. The zero-order valence-electron chi connectivity index (χ0n) is 17.0. The van der Waals surface area contributed by atoms with Crippen molar-refractivity contribution >= 4 is 27.3 Å². The molecule has 164 valence electrons. The van der Waals surface area contributed by atoms with E-state index in [1.807, 2.05) is 6.07 Å². The summed E-state index contributed by atoms with van der Waals surface area (Å²) < 4.78 is 27.5. The van der Waals surface area contributed by atoms with E-state index in [2.05, 4.69) is 5.32 Å². The van der Waals surface area contributed by atoms with Gasteiger partial charge in [0.05, 0.1) is 16.4 Å². The Hall–Kier alpha value is -2.98. The zero-order valence-corrected chi connectivity index (χ0v) is 17.8. The molecule has 10 heteroatoms. The zero-order chi connectivity index (χ0) is 22.0. The van der Waals surface area contributed by atoms with Crippen LogP contribution >= 0.6 is 0 Å². The molecule has 9 nitrogen and oxygen atoms in total. The first-order chi connectivity index (χ1) is 14.8. The van der Waals surface area contributed by atoms with Crippen LogP contribution in [0.4, 0.5) is 11.4 Å². The van der Waals surface area contributed by atoms with Gasteiger partial charge in [-0.15, -0.1) is 0 Å². The number of aryl methyl sites for hydroxylation is 2. The Morgan fingerprint density at radius 2 is 1.77 bits per heavy atom. The van der Waals surface area contributed by atoms with Crippen LogP contribution in [0.5, 0.6) is 0 Å². The Bertz CT molecular complexity index is 1110. The number of non-ortho nitro benzene ring substituents is 1. The summed E-state index contributed by atoms with van der Waals surface area (Å²) in [5.41, 5.74) is 2.77. The van der Waals surface area contributed by atoms with Crippen LogP contribution in [0.3, 0.4) is 0 Å². The summed E-state index contributed by atoms with van der Waals surface area (Å²) in [4.78, 5) is 24.8. The number of nitro benzene ring substituents is 1. The van der Waals surface area contributed by atoms with Gasteiger partial charge < -0.3 is 10.2 Å². The molecule has 0 saturated carbocycles. The molecule has 4 rings (SSSR count). The highest BCUT2D eigenvalue weighted by atomic mass is 32.2. The smallest absolute Gasteiger partial charge is 0.271 e. The van der Waals surface area contributed by atoms with Gasteiger partial charge >= 0.3 is 0 Å². The molecule has 0 atom stereocenters. The molecular weight excluding hydrogens is 420 g/mol. The number of hydrogen-bond donors (Lipinski definition) is 1. The Balaban J connectivity index is 1.33. The second-order valence-corrected chi connectivity index (χ2v) is 9.67. The quantitative estimate of drug-likeness (QED) is 0.539. The lowest BCUT2D eigenvalue weighted by Crippen LogP contribution is -2.51. The van der Waals surface area contributed by atoms with Crippen LogP contribution in [-0.2, 0) is 27.7 Å². The highest BCUT2D eigenvalue weighted by Crippen LogP contribution is 2.26. The number of rotatable bonds is 6. The van der Waals surface area contributed by atoms with Gasteiger partial charge in [0, 0.05) is 44.0 Å². The molecule has 1 heterocycles. The summed E-state index contributed by atoms with van der Waals surface area (Å²) in [5.74, 6) is -0.180. The number of nitro groups is 1. The molecule has 2 aromatic carbocycles. The lowest BCUT2D eigenvalue weighted by molar-refractivity contribution is -0.384. The number of nitrogens with one attached hydrogen (secondary N) is 1. The second-order valence-electron chi connectivity index (χ2n) is 7.73. The van der Waals surface area contributed by atoms with Crippen molar-refractivity contribution in [1.29, 1.82) is 0 Å². The van der Waals surface area contributed by atoms with Gasteiger partial charge in [0.25, 0.3) is 5.69 Å². The predicted octanol–water partition coefficient (Wildman–Crippen LogP) is 2.03. The monoisotopic (exact) mass is 444 g/mol. The van der Waals surface area contributed by atoms with Gasteiger partial charge in [-0.1, -0.05) is 12.1 Å². The lowest BCUT2D eigenvalue weighted by Gasteiger charge is -2.34. The van der Waals surface area contributed by atoms with Crippen molar-refractivity contribution in [3.8, 4) is 0 Å². The van der Waals surface area contributed by atoms with E-state index in [1.165, 1.54) is 22.0 Å². The third-order valence-corrected chi connectivity index (χ3v) is 7.69. The average Bonchev–Trinajstić information content (AvgIpc) is 3.25. The van der Waals surface area contributed by atoms with Gasteiger partial charge in [-0.25, -0.2) is 8.42 Å². The topological polar surface area (TPSA) is 113 Å². The maximum atomic E-state index is 13.0. The number of hydrogen-bond acceptors (Lipinski definition) is 6. The number of carbonyl (C=O) groups is 1. The Morgan fingerprint density at radius 1 is 1.03 bits per heavy atom. The number of benzene rings is 2. The standard InChI is InChI=1S/C21H24N4O5S/c26-21(15-22-18-5-2-6-19(14-18)25(27)28)23-9-11-24(12-10-23)31(29,30)20-8-7-16-3-1-4-17(16)13-20/h2,5-8,13-14,22H,1,3-4,9-12,15H2. The molecule has 1 N–H and O–H groups in total. The molecule has 2 aromatic rings. The van der Waals surface area contributed by atoms with Crippen LogP contribution in [0.1, 0.15) is 17.5 Å². The molecule has 2 aliphatic rings. The first-order valence-electron chi connectivity index (χ1n) is 10.2. The molecule has 1 fully saturated rings. The van der Waals surface area contributed by atoms with Crippen molar-refractivity contribution in [2.45, 2.75) is 24.2 Å². The van der Waals surface area contributed by atoms with Crippen LogP contribution in [0.25, 0.3) is 0 Å². The fourth-order valence-electron chi connectivity index (χ4n) is 4.05. The van der Waals surface area contributed by atoms with E-state index in [0.717, 1.165) is 24.8 Å². The summed E-state index contributed by atoms with van der Waals surface area (Å²) in [7, 11) is -3.59. The third-order valence-electron chi connectivity index (χ3n) is 5.80. The maximum absolute atomic E-state index is 13.0. The van der Waals surface area contributed by atoms with E-state index in [0.29, 0.717) is 23.7 Å². The van der Waals surface area contributed by atoms with E-state index in [4.69, 9.17) is 0 Å². The minimum Gasteiger partial charge on any atom is -0.376 e. The van der Waals surface area contributed by atoms with Crippen molar-refractivity contribution < 1.29 is 18.1 Å². The van der Waals surface area contributed by atoms with Crippen LogP contribution in [-0.4, -0.2) is 61.2 Å². The number of carbonyl (C=O) groups excluding carboxylic acids is 1. The molecule has 31 heavy (non-hydrogen) atoms. The van der Waals surface area contributed by atoms with E-state index in [1.54, 1.807) is 29.2 Å². The number of piperazine rings is 1. The van der Waals surface area contributed by atoms with Crippen LogP contribution in [0.15, 0.2) is 47.4 Å². The number of nitrogens with zero attached hydrogens (tertiary/aromatic N) is 3. The molecule has 1 saturated heterocycles. The normalized spacial score (nSPS) is 16.7. The van der Waals surface area contributed by atoms with E-state index >= 15 is 0 Å². The third kappa shape index (κ3) is 4.54. The molecule has 1 aliphatic carbocycles. The number of fused-ring (bicyclic) bond motifs is 1. The highest BCUT2D eigenvalue weighted by molar-refractivity contribution is 7.89. The molecule has 0 aromatic heterocycles. The Morgan fingerprint density at radius 3 is 2.52 bits per heavy atom. The molecule has 0 spiro atoms. The summed E-state index contributed by atoms with van der Waals surface area (Å²) in [5, 5.41) is 13.8. The van der Waals surface area contributed by atoms with Gasteiger partial charge in [0.15, 0.2) is 0 Å². The van der Waals surface area contributed by atoms with Gasteiger partial charge in [-0.3, -0.25) is 14.9 Å². The van der Waals surface area contributed by atoms with E-state index in [-0.39, 0.29) is 31.2 Å². The summed E-state index contributed by atoms with van der Waals surface area (Å²) in [6, 6.07) is 11.3. The van der Waals surface area contributed by atoms with E-state index < -0.39 is 14.9 Å². The Labute approximate surface area is 180 Å². The average molecular weight is 445 g/mol. The second kappa shape index (κ2) is 8.64. The SMILES string of the molecule is O=C(CNc1cccc([N+](=O)[O-])c1)N1CCN(S(=O)(=O)c2ccc3c(c2)CCC3)CC1. The summed E-state index contributed by atoms with van der Waals surface area (Å²) in [6.45, 7) is 1.07.